The van der Waals surface area contributed by atoms with Crippen LogP contribution in [0.5, 0.6) is 0 Å². The van der Waals surface area contributed by atoms with Crippen molar-refractivity contribution in [2.45, 2.75) is 200 Å². The van der Waals surface area contributed by atoms with Gasteiger partial charge in [0.1, 0.15) is 0 Å². The van der Waals surface area contributed by atoms with Gasteiger partial charge in [-0.3, -0.25) is 4.79 Å². The monoisotopic (exact) mass is 577 g/mol. The van der Waals surface area contributed by atoms with Crippen LogP contribution in [0.2, 0.25) is 0 Å². The van der Waals surface area contributed by atoms with Crippen LogP contribution in [0.25, 0.3) is 0 Å². The standard InChI is InChI=1S/C38H76N2O/c1-5-7-9-11-13-15-17-19-26-36(27-20-18-16-14-12-10-8-6-2)28-21-22-30-38(32-33-38)31-23-24-35-40(4)37(41)29-25-34-39-3/h36,39H,5-35H2,1-4H3. The van der Waals surface area contributed by atoms with Gasteiger partial charge in [-0.05, 0) is 63.5 Å². The number of carbonyl (C=O) groups is 1. The topological polar surface area (TPSA) is 32.3 Å². The fourth-order valence-corrected chi connectivity index (χ4v) is 6.88. The molecule has 0 heterocycles. The van der Waals surface area contributed by atoms with Crippen molar-refractivity contribution in [2.24, 2.45) is 11.3 Å². The summed E-state index contributed by atoms with van der Waals surface area (Å²) in [5.41, 5.74) is 0.681. The number of nitrogens with one attached hydrogen (secondary N) is 1. The summed E-state index contributed by atoms with van der Waals surface area (Å²) in [4.78, 5) is 14.2. The van der Waals surface area contributed by atoms with Crippen molar-refractivity contribution in [1.82, 2.24) is 10.2 Å². The Morgan fingerprint density at radius 2 is 1.07 bits per heavy atom. The minimum atomic E-state index is 0.315. The average Bonchev–Trinajstić information content (AvgIpc) is 3.75. The molecule has 0 bridgehead atoms. The van der Waals surface area contributed by atoms with Gasteiger partial charge in [0.15, 0.2) is 0 Å². The highest BCUT2D eigenvalue weighted by Gasteiger charge is 2.40. The molecule has 0 aromatic heterocycles. The average molecular weight is 577 g/mol. The van der Waals surface area contributed by atoms with Gasteiger partial charge in [0.25, 0.3) is 0 Å². The molecule has 0 spiro atoms. The minimum Gasteiger partial charge on any atom is -0.346 e. The molecule has 1 saturated carbocycles. The summed E-state index contributed by atoms with van der Waals surface area (Å²) in [5.74, 6) is 1.31. The van der Waals surface area contributed by atoms with E-state index >= 15 is 0 Å². The predicted octanol–water partition coefficient (Wildman–Crippen LogP) is 11.6. The number of rotatable bonds is 32. The number of carbonyl (C=O) groups excluding carboxylic acids is 1. The van der Waals surface area contributed by atoms with Gasteiger partial charge in [0, 0.05) is 20.0 Å². The van der Waals surface area contributed by atoms with Crippen LogP contribution in [0.4, 0.5) is 0 Å². The summed E-state index contributed by atoms with van der Waals surface area (Å²) in [7, 11) is 3.95. The minimum absolute atomic E-state index is 0.315. The summed E-state index contributed by atoms with van der Waals surface area (Å²) in [5, 5.41) is 3.13. The Labute approximate surface area is 259 Å². The molecule has 0 aliphatic heterocycles. The van der Waals surface area contributed by atoms with Gasteiger partial charge in [0.05, 0.1) is 0 Å². The molecule has 0 saturated heterocycles. The van der Waals surface area contributed by atoms with E-state index in [9.17, 15) is 4.79 Å². The summed E-state index contributed by atoms with van der Waals surface area (Å²) in [6.07, 6.45) is 40.5. The Kier molecular flexibility index (Phi) is 25.3. The van der Waals surface area contributed by atoms with Gasteiger partial charge >= 0.3 is 0 Å². The highest BCUT2D eigenvalue weighted by Crippen LogP contribution is 2.53. The molecule has 1 rings (SSSR count). The second-order valence-corrected chi connectivity index (χ2v) is 14.1. The molecule has 1 N–H and O–H groups in total. The molecule has 0 unspecified atom stereocenters. The first-order valence-electron chi connectivity index (χ1n) is 19.0. The van der Waals surface area contributed by atoms with Gasteiger partial charge in [0.2, 0.25) is 5.91 Å². The normalized spacial score (nSPS) is 14.2. The molecule has 1 aliphatic rings. The van der Waals surface area contributed by atoms with Crippen molar-refractivity contribution < 1.29 is 4.79 Å². The summed E-state index contributed by atoms with van der Waals surface area (Å²) >= 11 is 0. The molecule has 0 atom stereocenters. The highest BCUT2D eigenvalue weighted by molar-refractivity contribution is 5.75. The van der Waals surface area contributed by atoms with Crippen molar-refractivity contribution in [2.75, 3.05) is 27.2 Å². The van der Waals surface area contributed by atoms with Crippen LogP contribution in [0.1, 0.15) is 200 Å². The van der Waals surface area contributed by atoms with Gasteiger partial charge in [-0.25, -0.2) is 0 Å². The lowest BCUT2D eigenvalue weighted by atomic mass is 9.87. The molecule has 3 nitrogen and oxygen atoms in total. The number of nitrogens with zero attached hydrogens (tertiary/aromatic N) is 1. The largest absolute Gasteiger partial charge is 0.346 e. The van der Waals surface area contributed by atoms with E-state index in [1.54, 1.807) is 0 Å². The van der Waals surface area contributed by atoms with Gasteiger partial charge in [-0.2, -0.15) is 0 Å². The third kappa shape index (κ3) is 22.6. The molecule has 0 radical (unpaired) electrons. The third-order valence-electron chi connectivity index (χ3n) is 10.2. The third-order valence-corrected chi connectivity index (χ3v) is 10.2. The van der Waals surface area contributed by atoms with Crippen LogP contribution >= 0.6 is 0 Å². The van der Waals surface area contributed by atoms with Crippen LogP contribution in [0.3, 0.4) is 0 Å². The molecule has 0 aromatic carbocycles. The van der Waals surface area contributed by atoms with Crippen LogP contribution in [-0.4, -0.2) is 38.0 Å². The van der Waals surface area contributed by atoms with Crippen molar-refractivity contribution in [3.05, 3.63) is 0 Å². The Balaban J connectivity index is 2.22. The predicted molar refractivity (Wildman–Crippen MR) is 183 cm³/mol. The SMILES string of the molecule is CCCCCCCCCCC(CCCCCCCCCC)CCCCC1(CCCCN(C)C(=O)CCCNC)CC1. The first-order valence-corrected chi connectivity index (χ1v) is 19.0. The lowest BCUT2D eigenvalue weighted by Gasteiger charge is -2.20. The molecular weight excluding hydrogens is 500 g/mol. The zero-order valence-corrected chi connectivity index (χ0v) is 28.9. The molecule has 1 fully saturated rings. The fourth-order valence-electron chi connectivity index (χ4n) is 6.88. The van der Waals surface area contributed by atoms with E-state index in [0.29, 0.717) is 17.7 Å². The number of amides is 1. The van der Waals surface area contributed by atoms with E-state index in [4.69, 9.17) is 0 Å². The van der Waals surface area contributed by atoms with E-state index in [1.165, 1.54) is 173 Å². The van der Waals surface area contributed by atoms with E-state index in [0.717, 1.165) is 25.4 Å². The van der Waals surface area contributed by atoms with Crippen molar-refractivity contribution in [3.63, 3.8) is 0 Å². The maximum absolute atomic E-state index is 12.2. The lowest BCUT2D eigenvalue weighted by molar-refractivity contribution is -0.130. The van der Waals surface area contributed by atoms with Crippen LogP contribution in [-0.2, 0) is 4.79 Å². The summed E-state index contributed by atoms with van der Waals surface area (Å²) in [6.45, 7) is 6.50. The van der Waals surface area contributed by atoms with Gasteiger partial charge in [-0.1, -0.05) is 155 Å². The number of hydrogen-bond acceptors (Lipinski definition) is 2. The van der Waals surface area contributed by atoms with Crippen molar-refractivity contribution in [3.8, 4) is 0 Å². The molecular formula is C38H76N2O. The Morgan fingerprint density at radius 3 is 1.54 bits per heavy atom. The molecule has 0 aromatic rings. The van der Waals surface area contributed by atoms with Gasteiger partial charge in [-0.15, -0.1) is 0 Å². The number of hydrogen-bond donors (Lipinski definition) is 1. The molecule has 41 heavy (non-hydrogen) atoms. The zero-order chi connectivity index (χ0) is 29.9. The Bertz CT molecular complexity index is 553. The summed E-state index contributed by atoms with van der Waals surface area (Å²) in [6, 6.07) is 0. The van der Waals surface area contributed by atoms with Crippen LogP contribution in [0.15, 0.2) is 0 Å². The van der Waals surface area contributed by atoms with E-state index < -0.39 is 0 Å². The molecule has 3 heteroatoms. The Morgan fingerprint density at radius 1 is 0.634 bits per heavy atom. The fraction of sp³-hybridized carbons (Fsp3) is 0.974. The molecule has 1 amide bonds. The van der Waals surface area contributed by atoms with E-state index in [1.807, 2.05) is 19.0 Å². The first-order chi connectivity index (χ1) is 20.1. The van der Waals surface area contributed by atoms with E-state index in [-0.39, 0.29) is 0 Å². The second-order valence-electron chi connectivity index (χ2n) is 14.1. The number of unbranched alkanes of at least 4 members (excludes halogenated alkanes) is 16. The van der Waals surface area contributed by atoms with Gasteiger partial charge < -0.3 is 10.2 Å². The quantitative estimate of drug-likeness (QED) is 0.0808. The smallest absolute Gasteiger partial charge is 0.222 e. The lowest BCUT2D eigenvalue weighted by Crippen LogP contribution is -2.28. The highest BCUT2D eigenvalue weighted by atomic mass is 16.2. The van der Waals surface area contributed by atoms with E-state index in [2.05, 4.69) is 19.2 Å². The van der Waals surface area contributed by atoms with Crippen LogP contribution in [0, 0.1) is 11.3 Å². The van der Waals surface area contributed by atoms with Crippen molar-refractivity contribution in [1.29, 1.82) is 0 Å². The molecule has 1 aliphatic carbocycles. The maximum atomic E-state index is 12.2. The molecule has 244 valence electrons. The zero-order valence-electron chi connectivity index (χ0n) is 28.9. The van der Waals surface area contributed by atoms with Crippen LogP contribution < -0.4 is 5.32 Å². The van der Waals surface area contributed by atoms with Crippen molar-refractivity contribution >= 4 is 5.91 Å². The first kappa shape index (κ1) is 38.5. The second kappa shape index (κ2) is 27.0. The Hall–Kier alpha value is -0.570. The maximum Gasteiger partial charge on any atom is 0.222 e. The summed E-state index contributed by atoms with van der Waals surface area (Å²) < 4.78 is 0.